The van der Waals surface area contributed by atoms with Gasteiger partial charge in [-0.1, -0.05) is 0 Å². The Labute approximate surface area is 119 Å². The molecule has 0 atom stereocenters. The van der Waals surface area contributed by atoms with E-state index in [9.17, 15) is 10.1 Å². The first-order valence-corrected chi connectivity index (χ1v) is 6.87. The Hall–Kier alpha value is -1.82. The minimum atomic E-state index is -0.424. The maximum Gasteiger partial charge on any atom is 0.311 e. The third kappa shape index (κ3) is 3.39. The zero-order valence-electron chi connectivity index (χ0n) is 12.0. The van der Waals surface area contributed by atoms with Crippen LogP contribution >= 0.6 is 0 Å². The molecule has 1 aliphatic rings. The molecule has 1 aliphatic heterocycles. The van der Waals surface area contributed by atoms with Crippen LogP contribution < -0.4 is 9.64 Å². The summed E-state index contributed by atoms with van der Waals surface area (Å²) in [5.74, 6) is 0.306. The second kappa shape index (κ2) is 6.56. The molecule has 0 unspecified atom stereocenters. The van der Waals surface area contributed by atoms with Crippen LogP contribution in [0.4, 0.5) is 11.4 Å². The standard InChI is InChI=1S/C14H21N3O3/c1-15(9-10-16-7-3-4-8-16)12-5-6-13(17(18)19)14(11-12)20-2/h5-6,11H,3-4,7-10H2,1-2H3. The maximum atomic E-state index is 10.9. The van der Waals surface area contributed by atoms with Crippen molar-refractivity contribution in [2.24, 2.45) is 0 Å². The van der Waals surface area contributed by atoms with Crippen molar-refractivity contribution in [3.8, 4) is 5.75 Å². The Morgan fingerprint density at radius 3 is 2.70 bits per heavy atom. The van der Waals surface area contributed by atoms with E-state index in [0.29, 0.717) is 5.75 Å². The highest BCUT2D eigenvalue weighted by atomic mass is 16.6. The van der Waals surface area contributed by atoms with E-state index in [-0.39, 0.29) is 5.69 Å². The first kappa shape index (κ1) is 14.6. The van der Waals surface area contributed by atoms with Crippen LogP contribution in [0, 0.1) is 10.1 Å². The van der Waals surface area contributed by atoms with E-state index >= 15 is 0 Å². The Kier molecular flexibility index (Phi) is 4.79. The lowest BCUT2D eigenvalue weighted by molar-refractivity contribution is -0.385. The van der Waals surface area contributed by atoms with Gasteiger partial charge in [-0.2, -0.15) is 0 Å². The summed E-state index contributed by atoms with van der Waals surface area (Å²) >= 11 is 0. The quantitative estimate of drug-likeness (QED) is 0.590. The lowest BCUT2D eigenvalue weighted by Gasteiger charge is -2.23. The van der Waals surface area contributed by atoms with E-state index in [1.54, 1.807) is 12.1 Å². The summed E-state index contributed by atoms with van der Waals surface area (Å²) in [7, 11) is 3.45. The number of likely N-dealkylation sites (N-methyl/N-ethyl adjacent to an activating group) is 1. The van der Waals surface area contributed by atoms with Gasteiger partial charge in [0.25, 0.3) is 0 Å². The van der Waals surface area contributed by atoms with E-state index in [1.807, 2.05) is 7.05 Å². The number of likely N-dealkylation sites (tertiary alicyclic amines) is 1. The van der Waals surface area contributed by atoms with E-state index in [1.165, 1.54) is 39.1 Å². The molecule has 0 bridgehead atoms. The number of nitro benzene ring substituents is 1. The van der Waals surface area contributed by atoms with Crippen LogP contribution in [-0.2, 0) is 0 Å². The van der Waals surface area contributed by atoms with Crippen molar-refractivity contribution < 1.29 is 9.66 Å². The molecule has 1 aromatic rings. The summed E-state index contributed by atoms with van der Waals surface area (Å²) in [5, 5.41) is 10.9. The lowest BCUT2D eigenvalue weighted by Crippen LogP contribution is -2.31. The molecule has 20 heavy (non-hydrogen) atoms. The minimum Gasteiger partial charge on any atom is -0.490 e. The molecule has 1 fully saturated rings. The number of anilines is 1. The highest BCUT2D eigenvalue weighted by Gasteiger charge is 2.17. The fourth-order valence-electron chi connectivity index (χ4n) is 2.48. The number of hydrogen-bond acceptors (Lipinski definition) is 5. The molecule has 0 amide bonds. The van der Waals surface area contributed by atoms with Gasteiger partial charge < -0.3 is 14.5 Å². The highest BCUT2D eigenvalue weighted by Crippen LogP contribution is 2.30. The van der Waals surface area contributed by atoms with Crippen LogP contribution in [0.5, 0.6) is 5.75 Å². The van der Waals surface area contributed by atoms with E-state index in [4.69, 9.17) is 4.74 Å². The first-order chi connectivity index (χ1) is 9.61. The number of nitrogens with zero attached hydrogens (tertiary/aromatic N) is 3. The van der Waals surface area contributed by atoms with Crippen LogP contribution in [0.1, 0.15) is 12.8 Å². The van der Waals surface area contributed by atoms with Gasteiger partial charge in [0, 0.05) is 38.0 Å². The van der Waals surface area contributed by atoms with Gasteiger partial charge in [0.05, 0.1) is 12.0 Å². The average molecular weight is 279 g/mol. The minimum absolute atomic E-state index is 0.00388. The van der Waals surface area contributed by atoms with Crippen LogP contribution in [0.15, 0.2) is 18.2 Å². The first-order valence-electron chi connectivity index (χ1n) is 6.87. The van der Waals surface area contributed by atoms with E-state index in [0.717, 1.165) is 18.8 Å². The Morgan fingerprint density at radius 2 is 2.10 bits per heavy atom. The molecule has 2 rings (SSSR count). The van der Waals surface area contributed by atoms with E-state index in [2.05, 4.69) is 9.80 Å². The second-order valence-corrected chi connectivity index (χ2v) is 5.08. The van der Waals surface area contributed by atoms with Crippen molar-refractivity contribution in [1.29, 1.82) is 0 Å². The number of hydrogen-bond donors (Lipinski definition) is 0. The van der Waals surface area contributed by atoms with E-state index < -0.39 is 4.92 Å². The molecule has 6 nitrogen and oxygen atoms in total. The molecule has 1 heterocycles. The predicted molar refractivity (Wildman–Crippen MR) is 78.6 cm³/mol. The number of ether oxygens (including phenoxy) is 1. The summed E-state index contributed by atoms with van der Waals surface area (Å²) in [6.45, 7) is 4.28. The van der Waals surface area contributed by atoms with Crippen LogP contribution in [0.3, 0.4) is 0 Å². The predicted octanol–water partition coefficient (Wildman–Crippen LogP) is 2.14. The molecule has 0 aliphatic carbocycles. The van der Waals surface area contributed by atoms with Crippen molar-refractivity contribution in [2.75, 3.05) is 45.2 Å². The number of rotatable bonds is 6. The summed E-state index contributed by atoms with van der Waals surface area (Å²) in [6, 6.07) is 4.99. The lowest BCUT2D eigenvalue weighted by atomic mass is 10.2. The second-order valence-electron chi connectivity index (χ2n) is 5.08. The normalized spacial score (nSPS) is 15.3. The van der Waals surface area contributed by atoms with Gasteiger partial charge in [-0.05, 0) is 32.0 Å². The third-order valence-corrected chi connectivity index (χ3v) is 3.75. The average Bonchev–Trinajstić information content (AvgIpc) is 2.97. The Bertz CT molecular complexity index is 473. The largest absolute Gasteiger partial charge is 0.490 e. The molecule has 1 saturated heterocycles. The van der Waals surface area contributed by atoms with Gasteiger partial charge in [0.2, 0.25) is 0 Å². The van der Waals surface area contributed by atoms with Crippen LogP contribution in [0.25, 0.3) is 0 Å². The fraction of sp³-hybridized carbons (Fsp3) is 0.571. The monoisotopic (exact) mass is 279 g/mol. The molecule has 0 saturated carbocycles. The summed E-state index contributed by atoms with van der Waals surface area (Å²) in [5.41, 5.74) is 0.941. The molecule has 110 valence electrons. The summed E-state index contributed by atoms with van der Waals surface area (Å²) in [4.78, 5) is 15.0. The van der Waals surface area contributed by atoms with Gasteiger partial charge in [0.1, 0.15) is 0 Å². The van der Waals surface area contributed by atoms with Gasteiger partial charge in [-0.15, -0.1) is 0 Å². The van der Waals surface area contributed by atoms with Crippen molar-refractivity contribution in [2.45, 2.75) is 12.8 Å². The molecule has 6 heteroatoms. The zero-order chi connectivity index (χ0) is 14.5. The van der Waals surface area contributed by atoms with Crippen molar-refractivity contribution in [1.82, 2.24) is 4.90 Å². The topological polar surface area (TPSA) is 58.8 Å². The summed E-state index contributed by atoms with van der Waals surface area (Å²) in [6.07, 6.45) is 2.57. The van der Waals surface area contributed by atoms with Gasteiger partial charge in [-0.3, -0.25) is 10.1 Å². The zero-order valence-corrected chi connectivity index (χ0v) is 12.0. The molecular weight excluding hydrogens is 258 g/mol. The Balaban J connectivity index is 2.01. The fourth-order valence-corrected chi connectivity index (χ4v) is 2.48. The molecule has 0 aromatic heterocycles. The number of benzene rings is 1. The van der Waals surface area contributed by atoms with Gasteiger partial charge in [0.15, 0.2) is 5.75 Å². The van der Waals surface area contributed by atoms with Crippen molar-refractivity contribution >= 4 is 11.4 Å². The third-order valence-electron chi connectivity index (χ3n) is 3.75. The van der Waals surface area contributed by atoms with Crippen molar-refractivity contribution in [3.05, 3.63) is 28.3 Å². The summed E-state index contributed by atoms with van der Waals surface area (Å²) < 4.78 is 5.10. The smallest absolute Gasteiger partial charge is 0.311 e. The molecular formula is C14H21N3O3. The van der Waals surface area contributed by atoms with Gasteiger partial charge >= 0.3 is 5.69 Å². The maximum absolute atomic E-state index is 10.9. The van der Waals surface area contributed by atoms with Crippen molar-refractivity contribution in [3.63, 3.8) is 0 Å². The number of nitro groups is 1. The number of methoxy groups -OCH3 is 1. The molecule has 0 N–H and O–H groups in total. The SMILES string of the molecule is COc1cc(N(C)CCN2CCCC2)ccc1[N+](=O)[O-]. The van der Waals surface area contributed by atoms with Gasteiger partial charge in [-0.25, -0.2) is 0 Å². The Morgan fingerprint density at radius 1 is 1.40 bits per heavy atom. The van der Waals surface area contributed by atoms with Crippen LogP contribution in [-0.4, -0.2) is 50.2 Å². The molecule has 0 spiro atoms. The molecule has 0 radical (unpaired) electrons. The van der Waals surface area contributed by atoms with Crippen LogP contribution in [0.2, 0.25) is 0 Å². The highest BCUT2D eigenvalue weighted by molar-refractivity contribution is 5.58. The molecule has 1 aromatic carbocycles.